The van der Waals surface area contributed by atoms with Crippen LogP contribution >= 0.6 is 0 Å². The van der Waals surface area contributed by atoms with Crippen LogP contribution in [-0.2, 0) is 26.2 Å². The second-order valence-electron chi connectivity index (χ2n) is 4.10. The summed E-state index contributed by atoms with van der Waals surface area (Å²) < 4.78 is 0. The quantitative estimate of drug-likeness (QED) is 0.577. The van der Waals surface area contributed by atoms with Crippen molar-refractivity contribution < 1.29 is 26.2 Å². The van der Waals surface area contributed by atoms with Crippen LogP contribution in [-0.4, -0.2) is 0 Å². The van der Waals surface area contributed by atoms with Crippen molar-refractivity contribution in [3.05, 3.63) is 29.2 Å². The number of hydrogen-bond donors (Lipinski definition) is 0. The van der Waals surface area contributed by atoms with Crippen molar-refractivity contribution in [1.29, 1.82) is 0 Å². The van der Waals surface area contributed by atoms with E-state index in [0.29, 0.717) is 5.92 Å². The second kappa shape index (κ2) is 9.13. The molecule has 1 fully saturated rings. The fourth-order valence-electron chi connectivity index (χ4n) is 2.22. The SMILES string of the molecule is [CH2-]C1C(C)C(C)C(C)C1C.[CH3-].[CH3-].[CH3-].[Zr+4]. The van der Waals surface area contributed by atoms with E-state index in [1.165, 1.54) is 0 Å². The molecule has 0 aromatic rings. The second-order valence-corrected chi connectivity index (χ2v) is 4.10. The summed E-state index contributed by atoms with van der Waals surface area (Å²) in [5.41, 5.74) is 0. The monoisotopic (exact) mass is 274 g/mol. The molecule has 0 N–H and O–H groups in total. The van der Waals surface area contributed by atoms with E-state index in [2.05, 4.69) is 34.6 Å². The molecule has 0 aromatic heterocycles. The first-order valence-electron chi connectivity index (χ1n) is 4.38. The van der Waals surface area contributed by atoms with Crippen LogP contribution in [0.15, 0.2) is 0 Å². The Morgan fingerprint density at radius 2 is 0.857 bits per heavy atom. The minimum atomic E-state index is 0. The van der Waals surface area contributed by atoms with Crippen LogP contribution in [0.5, 0.6) is 0 Å². The zero-order valence-electron chi connectivity index (χ0n) is 11.1. The zero-order chi connectivity index (χ0) is 7.89. The van der Waals surface area contributed by atoms with Crippen molar-refractivity contribution in [3.8, 4) is 0 Å². The van der Waals surface area contributed by atoms with Gasteiger partial charge in [0.15, 0.2) is 0 Å². The summed E-state index contributed by atoms with van der Waals surface area (Å²) in [6, 6.07) is 0. The molecule has 0 bridgehead atoms. The predicted molar refractivity (Wildman–Crippen MR) is 64.7 cm³/mol. The molecule has 0 aliphatic heterocycles. The van der Waals surface area contributed by atoms with Crippen molar-refractivity contribution in [2.75, 3.05) is 0 Å². The molecule has 1 aliphatic rings. The van der Waals surface area contributed by atoms with Gasteiger partial charge in [0.25, 0.3) is 0 Å². The molecular formula is C13H28Zr. The summed E-state index contributed by atoms with van der Waals surface area (Å²) >= 11 is 0. The Balaban J connectivity index is -0.000000125. The first kappa shape index (κ1) is 24.2. The van der Waals surface area contributed by atoms with E-state index in [1.807, 2.05) is 0 Å². The fraction of sp³-hybridized carbons (Fsp3) is 0.692. The number of hydrogen-bond acceptors (Lipinski definition) is 0. The average molecular weight is 276 g/mol. The third-order valence-electron chi connectivity index (χ3n) is 3.84. The Bertz CT molecular complexity index is 77.6. The van der Waals surface area contributed by atoms with Crippen LogP contribution in [0.3, 0.4) is 0 Å². The van der Waals surface area contributed by atoms with Gasteiger partial charge in [0.1, 0.15) is 0 Å². The molecule has 0 amide bonds. The zero-order valence-corrected chi connectivity index (χ0v) is 13.6. The van der Waals surface area contributed by atoms with Gasteiger partial charge < -0.3 is 29.2 Å². The molecule has 0 saturated heterocycles. The predicted octanol–water partition coefficient (Wildman–Crippen LogP) is 4.34. The molecule has 0 spiro atoms. The smallest absolute Gasteiger partial charge is 0.358 e. The molecule has 1 aliphatic carbocycles. The van der Waals surface area contributed by atoms with Gasteiger partial charge in [-0.15, -0.1) is 0 Å². The molecule has 0 radical (unpaired) electrons. The summed E-state index contributed by atoms with van der Waals surface area (Å²) in [7, 11) is 0. The molecule has 4 atom stereocenters. The van der Waals surface area contributed by atoms with Crippen LogP contribution in [0.25, 0.3) is 0 Å². The maximum absolute atomic E-state index is 4.20. The van der Waals surface area contributed by atoms with Gasteiger partial charge in [0.05, 0.1) is 0 Å². The van der Waals surface area contributed by atoms with Crippen molar-refractivity contribution in [1.82, 2.24) is 0 Å². The Morgan fingerprint density at radius 1 is 0.643 bits per heavy atom. The van der Waals surface area contributed by atoms with E-state index < -0.39 is 0 Å². The van der Waals surface area contributed by atoms with Gasteiger partial charge in [-0.05, 0) is 11.8 Å². The van der Waals surface area contributed by atoms with Gasteiger partial charge in [-0.3, -0.25) is 0 Å². The molecule has 1 saturated carbocycles. The van der Waals surface area contributed by atoms with E-state index in [9.17, 15) is 0 Å². The van der Waals surface area contributed by atoms with Crippen LogP contribution in [0.4, 0.5) is 0 Å². The van der Waals surface area contributed by atoms with Gasteiger partial charge in [-0.1, -0.05) is 39.5 Å². The Hall–Kier alpha value is 0.883. The summed E-state index contributed by atoms with van der Waals surface area (Å²) in [4.78, 5) is 0. The van der Waals surface area contributed by atoms with Crippen LogP contribution < -0.4 is 0 Å². The Labute approximate surface area is 112 Å². The van der Waals surface area contributed by atoms with Crippen molar-refractivity contribution >= 4 is 0 Å². The van der Waals surface area contributed by atoms with Crippen LogP contribution in [0.2, 0.25) is 0 Å². The van der Waals surface area contributed by atoms with Gasteiger partial charge in [-0.2, -0.15) is 5.92 Å². The summed E-state index contributed by atoms with van der Waals surface area (Å²) in [6.45, 7) is 13.6. The summed E-state index contributed by atoms with van der Waals surface area (Å²) in [5, 5.41) is 0. The Kier molecular flexibility index (Phi) is 15.8. The van der Waals surface area contributed by atoms with Gasteiger partial charge in [-0.25, -0.2) is 0 Å². The van der Waals surface area contributed by atoms with Crippen molar-refractivity contribution in [2.24, 2.45) is 29.6 Å². The van der Waals surface area contributed by atoms with E-state index in [1.54, 1.807) is 0 Å². The minimum absolute atomic E-state index is 0. The standard InChI is InChI=1S/C10H19.3CH3.Zr/c1-6-7(2)9(4)10(5)8(6)3;;;;/h6-10H,1H2,2-5H3;3*1H3;/q4*-1;+4. The Morgan fingerprint density at radius 3 is 0.929 bits per heavy atom. The fourth-order valence-corrected chi connectivity index (χ4v) is 2.22. The maximum Gasteiger partial charge on any atom is 4.00 e. The van der Waals surface area contributed by atoms with Crippen molar-refractivity contribution in [3.63, 3.8) is 0 Å². The topological polar surface area (TPSA) is 0 Å². The van der Waals surface area contributed by atoms with E-state index in [4.69, 9.17) is 0 Å². The van der Waals surface area contributed by atoms with E-state index in [0.717, 1.165) is 23.7 Å². The number of rotatable bonds is 0. The van der Waals surface area contributed by atoms with E-state index in [-0.39, 0.29) is 48.5 Å². The van der Waals surface area contributed by atoms with Gasteiger partial charge >= 0.3 is 26.2 Å². The van der Waals surface area contributed by atoms with Gasteiger partial charge in [0.2, 0.25) is 0 Å². The molecule has 0 aromatic carbocycles. The summed E-state index contributed by atoms with van der Waals surface area (Å²) in [5.74, 6) is 4.08. The molecule has 1 rings (SSSR count). The molecule has 14 heavy (non-hydrogen) atoms. The van der Waals surface area contributed by atoms with Gasteiger partial charge in [0, 0.05) is 0 Å². The molecule has 0 heterocycles. The molecular weight excluding hydrogens is 247 g/mol. The average Bonchev–Trinajstić information content (AvgIpc) is 2.07. The first-order valence-corrected chi connectivity index (χ1v) is 4.38. The third kappa shape index (κ3) is 4.17. The largest absolute Gasteiger partial charge is 4.00 e. The minimum Gasteiger partial charge on any atom is -0.358 e. The first-order chi connectivity index (χ1) is 4.55. The maximum atomic E-state index is 4.20. The van der Waals surface area contributed by atoms with E-state index >= 15 is 0 Å². The molecule has 1 heteroatoms. The third-order valence-corrected chi connectivity index (χ3v) is 3.84. The molecule has 0 nitrogen and oxygen atoms in total. The molecule has 84 valence electrons. The summed E-state index contributed by atoms with van der Waals surface area (Å²) in [6.07, 6.45) is 0. The van der Waals surface area contributed by atoms with Crippen molar-refractivity contribution in [2.45, 2.75) is 27.7 Å². The van der Waals surface area contributed by atoms with Crippen LogP contribution in [0, 0.1) is 58.8 Å². The normalized spacial score (nSPS) is 39.6. The van der Waals surface area contributed by atoms with Crippen LogP contribution in [0.1, 0.15) is 27.7 Å². The molecule has 4 unspecified atom stereocenters.